The van der Waals surface area contributed by atoms with Gasteiger partial charge in [0.1, 0.15) is 21.5 Å². The molecule has 7 heteroatoms. The number of anilines is 2. The second-order valence-corrected chi connectivity index (χ2v) is 4.75. The van der Waals surface area contributed by atoms with E-state index in [1.807, 2.05) is 18.2 Å². The summed E-state index contributed by atoms with van der Waals surface area (Å²) in [5.74, 6) is -0.629. The van der Waals surface area contributed by atoms with Gasteiger partial charge in [-0.2, -0.15) is 5.26 Å². The molecular weight excluding hydrogens is 262 g/mol. The maximum Gasteiger partial charge on any atom is 0.261 e. The first-order valence-electron chi connectivity index (χ1n) is 5.38. The molecule has 6 nitrogen and oxygen atoms in total. The van der Waals surface area contributed by atoms with Gasteiger partial charge >= 0.3 is 0 Å². The summed E-state index contributed by atoms with van der Waals surface area (Å²) in [5, 5.41) is 12.7. The molecule has 0 radical (unpaired) electrons. The largest absolute Gasteiger partial charge is 0.396 e. The van der Waals surface area contributed by atoms with E-state index >= 15 is 0 Å². The van der Waals surface area contributed by atoms with Gasteiger partial charge in [-0.3, -0.25) is 9.78 Å². The maximum atomic E-state index is 11.2. The van der Waals surface area contributed by atoms with Crippen LogP contribution in [-0.2, 0) is 6.54 Å². The fourth-order valence-corrected chi connectivity index (χ4v) is 2.46. The van der Waals surface area contributed by atoms with Crippen molar-refractivity contribution in [3.8, 4) is 6.07 Å². The van der Waals surface area contributed by atoms with Crippen molar-refractivity contribution >= 4 is 27.9 Å². The van der Waals surface area contributed by atoms with Gasteiger partial charge in [-0.05, 0) is 17.7 Å². The van der Waals surface area contributed by atoms with Crippen LogP contribution in [0.2, 0.25) is 0 Å². The quantitative estimate of drug-likeness (QED) is 0.776. The van der Waals surface area contributed by atoms with E-state index in [2.05, 4.69) is 10.3 Å². The number of carbonyl (C=O) groups excluding carboxylic acids is 1. The Kier molecular flexibility index (Phi) is 3.63. The van der Waals surface area contributed by atoms with Crippen LogP contribution in [0.3, 0.4) is 0 Å². The highest BCUT2D eigenvalue weighted by Crippen LogP contribution is 2.34. The van der Waals surface area contributed by atoms with E-state index < -0.39 is 5.91 Å². The molecule has 0 unspecified atom stereocenters. The first-order chi connectivity index (χ1) is 9.13. The van der Waals surface area contributed by atoms with Crippen molar-refractivity contribution in [3.63, 3.8) is 0 Å². The Hall–Kier alpha value is -2.59. The molecule has 2 aromatic rings. The third-order valence-electron chi connectivity index (χ3n) is 2.48. The number of nitrogens with one attached hydrogen (secondary N) is 1. The van der Waals surface area contributed by atoms with Crippen molar-refractivity contribution in [1.29, 1.82) is 5.26 Å². The number of carbonyl (C=O) groups is 1. The highest BCUT2D eigenvalue weighted by Gasteiger charge is 2.18. The summed E-state index contributed by atoms with van der Waals surface area (Å²) in [4.78, 5) is 15.3. The molecule has 0 bridgehead atoms. The summed E-state index contributed by atoms with van der Waals surface area (Å²) in [5.41, 5.74) is 12.3. The average molecular weight is 273 g/mol. The number of aromatic nitrogens is 1. The molecule has 0 aliphatic carbocycles. The van der Waals surface area contributed by atoms with Crippen LogP contribution in [0.4, 0.5) is 10.7 Å². The van der Waals surface area contributed by atoms with E-state index in [0.29, 0.717) is 11.5 Å². The minimum atomic E-state index is -0.629. The monoisotopic (exact) mass is 273 g/mol. The van der Waals surface area contributed by atoms with E-state index in [0.717, 1.165) is 16.9 Å². The summed E-state index contributed by atoms with van der Waals surface area (Å²) in [6, 6.07) is 5.68. The van der Waals surface area contributed by atoms with Gasteiger partial charge in [-0.25, -0.2) is 0 Å². The highest BCUT2D eigenvalue weighted by molar-refractivity contribution is 7.18. The number of pyridine rings is 1. The molecule has 0 fully saturated rings. The van der Waals surface area contributed by atoms with Crippen molar-refractivity contribution < 1.29 is 4.79 Å². The zero-order chi connectivity index (χ0) is 13.8. The summed E-state index contributed by atoms with van der Waals surface area (Å²) >= 11 is 1.09. The van der Waals surface area contributed by atoms with E-state index in [1.54, 1.807) is 12.4 Å². The Balaban J connectivity index is 2.24. The fraction of sp³-hybridized carbons (Fsp3) is 0.0833. The van der Waals surface area contributed by atoms with Crippen molar-refractivity contribution in [3.05, 3.63) is 40.5 Å². The van der Waals surface area contributed by atoms with E-state index in [1.165, 1.54) is 0 Å². The number of thiophene rings is 1. The number of primary amides is 1. The van der Waals surface area contributed by atoms with Crippen LogP contribution in [0.25, 0.3) is 0 Å². The van der Waals surface area contributed by atoms with Crippen LogP contribution in [0.1, 0.15) is 20.8 Å². The molecule has 19 heavy (non-hydrogen) atoms. The minimum absolute atomic E-state index is 0.136. The zero-order valence-electron chi connectivity index (χ0n) is 9.88. The topological polar surface area (TPSA) is 118 Å². The lowest BCUT2D eigenvalue weighted by Gasteiger charge is -2.03. The highest BCUT2D eigenvalue weighted by atomic mass is 32.1. The number of rotatable bonds is 4. The van der Waals surface area contributed by atoms with Crippen LogP contribution < -0.4 is 16.8 Å². The Bertz CT molecular complexity index is 644. The number of nitrogen functional groups attached to an aromatic ring is 1. The van der Waals surface area contributed by atoms with Crippen molar-refractivity contribution in [2.75, 3.05) is 11.1 Å². The van der Waals surface area contributed by atoms with Gasteiger partial charge in [0.15, 0.2) is 0 Å². The Morgan fingerprint density at radius 1 is 1.47 bits per heavy atom. The van der Waals surface area contributed by atoms with E-state index in [4.69, 9.17) is 16.7 Å². The van der Waals surface area contributed by atoms with Crippen LogP contribution in [0.15, 0.2) is 24.5 Å². The summed E-state index contributed by atoms with van der Waals surface area (Å²) < 4.78 is 0. The number of nitrogens with two attached hydrogens (primary N) is 2. The molecular formula is C12H11N5OS. The first kappa shape index (κ1) is 12.9. The lowest BCUT2D eigenvalue weighted by Crippen LogP contribution is -2.10. The molecule has 2 aromatic heterocycles. The van der Waals surface area contributed by atoms with Crippen LogP contribution in [0.5, 0.6) is 0 Å². The summed E-state index contributed by atoms with van der Waals surface area (Å²) in [7, 11) is 0. The number of nitriles is 1. The number of hydrogen-bond acceptors (Lipinski definition) is 6. The molecule has 0 spiro atoms. The predicted molar refractivity (Wildman–Crippen MR) is 73.5 cm³/mol. The summed E-state index contributed by atoms with van der Waals surface area (Å²) in [6.07, 6.45) is 3.36. The standard InChI is InChI=1S/C12H11N5OS/c13-5-8-9(14)10(11(15)18)19-12(8)17-6-7-1-3-16-4-2-7/h1-4,17H,6,14H2,(H2,15,18). The molecule has 0 aliphatic heterocycles. The number of hydrogen-bond donors (Lipinski definition) is 3. The molecule has 5 N–H and O–H groups in total. The molecule has 0 atom stereocenters. The number of amides is 1. The van der Waals surface area contributed by atoms with Gasteiger partial charge in [0.25, 0.3) is 5.91 Å². The van der Waals surface area contributed by atoms with Crippen LogP contribution in [0, 0.1) is 11.3 Å². The third kappa shape index (κ3) is 2.64. The summed E-state index contributed by atoms with van der Waals surface area (Å²) in [6.45, 7) is 0.509. The molecule has 96 valence electrons. The molecule has 2 rings (SSSR count). The average Bonchev–Trinajstić information content (AvgIpc) is 2.74. The third-order valence-corrected chi connectivity index (χ3v) is 3.66. The van der Waals surface area contributed by atoms with Gasteiger partial charge in [0, 0.05) is 18.9 Å². The normalized spacial score (nSPS) is 9.84. The Morgan fingerprint density at radius 3 is 2.74 bits per heavy atom. The van der Waals surface area contributed by atoms with Gasteiger partial charge in [-0.1, -0.05) is 0 Å². The van der Waals surface area contributed by atoms with Gasteiger partial charge in [0.05, 0.1) is 5.69 Å². The van der Waals surface area contributed by atoms with Gasteiger partial charge in [-0.15, -0.1) is 11.3 Å². The Labute approximate surface area is 113 Å². The molecule has 1 amide bonds. The smallest absolute Gasteiger partial charge is 0.261 e. The molecule has 0 saturated carbocycles. The van der Waals surface area contributed by atoms with E-state index in [-0.39, 0.29) is 16.1 Å². The second kappa shape index (κ2) is 5.37. The Morgan fingerprint density at radius 2 is 2.16 bits per heavy atom. The van der Waals surface area contributed by atoms with Crippen molar-refractivity contribution in [1.82, 2.24) is 4.98 Å². The maximum absolute atomic E-state index is 11.2. The SMILES string of the molecule is N#Cc1c(NCc2ccncc2)sc(C(N)=O)c1N. The van der Waals surface area contributed by atoms with Crippen molar-refractivity contribution in [2.45, 2.75) is 6.54 Å². The zero-order valence-corrected chi connectivity index (χ0v) is 10.7. The molecule has 0 saturated heterocycles. The van der Waals surface area contributed by atoms with Crippen LogP contribution in [-0.4, -0.2) is 10.9 Å². The van der Waals surface area contributed by atoms with Crippen molar-refractivity contribution in [2.24, 2.45) is 5.73 Å². The minimum Gasteiger partial charge on any atom is -0.396 e. The molecule has 0 aliphatic rings. The van der Waals surface area contributed by atoms with Gasteiger partial charge < -0.3 is 16.8 Å². The predicted octanol–water partition coefficient (Wildman–Crippen LogP) is 1.31. The second-order valence-electron chi connectivity index (χ2n) is 3.73. The number of nitrogens with zero attached hydrogens (tertiary/aromatic N) is 2. The van der Waals surface area contributed by atoms with Gasteiger partial charge in [0.2, 0.25) is 0 Å². The lowest BCUT2D eigenvalue weighted by atomic mass is 10.2. The molecule has 2 heterocycles. The van der Waals surface area contributed by atoms with Crippen LogP contribution >= 0.6 is 11.3 Å². The first-order valence-corrected chi connectivity index (χ1v) is 6.20. The molecule has 0 aromatic carbocycles. The lowest BCUT2D eigenvalue weighted by molar-refractivity contribution is 0.100. The van der Waals surface area contributed by atoms with E-state index in [9.17, 15) is 4.79 Å². The fourth-order valence-electron chi connectivity index (χ4n) is 1.55.